The monoisotopic (exact) mass is 231 g/mol. The minimum absolute atomic E-state index is 0.428. The van der Waals surface area contributed by atoms with Crippen molar-refractivity contribution in [1.29, 1.82) is 0 Å². The van der Waals surface area contributed by atoms with Crippen LogP contribution in [0, 0.1) is 0 Å². The van der Waals surface area contributed by atoms with Gasteiger partial charge in [-0.2, -0.15) is 0 Å². The van der Waals surface area contributed by atoms with Gasteiger partial charge < -0.3 is 4.57 Å². The molecule has 0 radical (unpaired) electrons. The van der Waals surface area contributed by atoms with Gasteiger partial charge in [0, 0.05) is 18.3 Å². The number of fused-ring (bicyclic) bond motifs is 1. The van der Waals surface area contributed by atoms with E-state index >= 15 is 0 Å². The molecule has 0 aliphatic heterocycles. The van der Waals surface area contributed by atoms with Gasteiger partial charge in [0.15, 0.2) is 5.65 Å². The fourth-order valence-corrected chi connectivity index (χ4v) is 2.03. The van der Waals surface area contributed by atoms with E-state index in [0.29, 0.717) is 11.8 Å². The lowest BCUT2D eigenvalue weighted by Gasteiger charge is -2.06. The van der Waals surface area contributed by atoms with Crippen molar-refractivity contribution in [3.05, 3.63) is 23.7 Å². The minimum Gasteiger partial charge on any atom is -0.331 e. The Morgan fingerprint density at radius 2 is 1.88 bits per heavy atom. The molecule has 0 aromatic carbocycles. The Morgan fingerprint density at radius 3 is 2.41 bits per heavy atom. The van der Waals surface area contributed by atoms with Crippen LogP contribution in [0.25, 0.3) is 11.2 Å². The highest BCUT2D eigenvalue weighted by Gasteiger charge is 2.14. The van der Waals surface area contributed by atoms with Crippen LogP contribution in [-0.2, 0) is 6.54 Å². The highest BCUT2D eigenvalue weighted by molar-refractivity contribution is 5.76. The molecule has 2 aromatic rings. The SMILES string of the molecule is CCn1cc(C(C)C)c2nc(C(C)C)cnc21. The van der Waals surface area contributed by atoms with E-state index in [1.807, 2.05) is 6.20 Å². The van der Waals surface area contributed by atoms with Gasteiger partial charge >= 0.3 is 0 Å². The average Bonchev–Trinajstić information content (AvgIpc) is 2.66. The van der Waals surface area contributed by atoms with Crippen molar-refractivity contribution in [2.24, 2.45) is 0 Å². The first-order chi connectivity index (χ1) is 8.04. The van der Waals surface area contributed by atoms with E-state index in [4.69, 9.17) is 4.98 Å². The molecule has 3 nitrogen and oxygen atoms in total. The second-order valence-corrected chi connectivity index (χ2v) is 5.15. The number of nitrogens with zero attached hydrogens (tertiary/aromatic N) is 3. The Balaban J connectivity index is 2.69. The van der Waals surface area contributed by atoms with E-state index in [1.54, 1.807) is 0 Å². The van der Waals surface area contributed by atoms with Gasteiger partial charge in [-0.25, -0.2) is 9.97 Å². The van der Waals surface area contributed by atoms with Crippen molar-refractivity contribution < 1.29 is 0 Å². The number of aromatic nitrogens is 3. The molecule has 2 heterocycles. The van der Waals surface area contributed by atoms with Crippen LogP contribution in [-0.4, -0.2) is 14.5 Å². The maximum atomic E-state index is 4.78. The molecule has 0 atom stereocenters. The van der Waals surface area contributed by atoms with Gasteiger partial charge in [0.05, 0.1) is 11.9 Å². The summed E-state index contributed by atoms with van der Waals surface area (Å²) in [6.07, 6.45) is 4.10. The first kappa shape index (κ1) is 12.1. The second kappa shape index (κ2) is 4.47. The van der Waals surface area contributed by atoms with E-state index < -0.39 is 0 Å². The fourth-order valence-electron chi connectivity index (χ4n) is 2.03. The molecule has 0 aliphatic rings. The first-order valence-electron chi connectivity index (χ1n) is 6.40. The molecular formula is C14H21N3. The lowest BCUT2D eigenvalue weighted by molar-refractivity contribution is 0.770. The van der Waals surface area contributed by atoms with Crippen LogP contribution in [0.3, 0.4) is 0 Å². The average molecular weight is 231 g/mol. The topological polar surface area (TPSA) is 30.7 Å². The smallest absolute Gasteiger partial charge is 0.158 e. The Hall–Kier alpha value is -1.38. The largest absolute Gasteiger partial charge is 0.331 e. The molecule has 0 N–H and O–H groups in total. The summed E-state index contributed by atoms with van der Waals surface area (Å²) in [5, 5.41) is 0. The van der Waals surface area contributed by atoms with Gasteiger partial charge in [0.2, 0.25) is 0 Å². The summed E-state index contributed by atoms with van der Waals surface area (Å²) in [6, 6.07) is 0. The van der Waals surface area contributed by atoms with Crippen LogP contribution in [0.2, 0.25) is 0 Å². The summed E-state index contributed by atoms with van der Waals surface area (Å²) in [4.78, 5) is 9.36. The molecule has 0 amide bonds. The van der Waals surface area contributed by atoms with Crippen molar-refractivity contribution >= 4 is 11.2 Å². The fraction of sp³-hybridized carbons (Fsp3) is 0.571. The minimum atomic E-state index is 0.428. The number of hydrogen-bond donors (Lipinski definition) is 0. The van der Waals surface area contributed by atoms with E-state index in [1.165, 1.54) is 5.56 Å². The molecule has 92 valence electrons. The molecule has 0 saturated heterocycles. The predicted octanol–water partition coefficient (Wildman–Crippen LogP) is 3.70. The van der Waals surface area contributed by atoms with E-state index in [-0.39, 0.29) is 0 Å². The zero-order valence-corrected chi connectivity index (χ0v) is 11.4. The Morgan fingerprint density at radius 1 is 1.18 bits per heavy atom. The van der Waals surface area contributed by atoms with Crippen LogP contribution in [0.15, 0.2) is 12.4 Å². The van der Waals surface area contributed by atoms with E-state index in [9.17, 15) is 0 Å². The van der Waals surface area contributed by atoms with E-state index in [0.717, 1.165) is 23.4 Å². The molecule has 2 aromatic heterocycles. The highest BCUT2D eigenvalue weighted by Crippen LogP contribution is 2.26. The molecule has 0 aliphatic carbocycles. The van der Waals surface area contributed by atoms with Gasteiger partial charge in [0.25, 0.3) is 0 Å². The Labute approximate surface area is 103 Å². The van der Waals surface area contributed by atoms with Gasteiger partial charge in [-0.3, -0.25) is 0 Å². The maximum absolute atomic E-state index is 4.78. The van der Waals surface area contributed by atoms with Gasteiger partial charge in [-0.1, -0.05) is 27.7 Å². The van der Waals surface area contributed by atoms with Crippen LogP contribution in [0.5, 0.6) is 0 Å². The molecule has 17 heavy (non-hydrogen) atoms. The predicted molar refractivity (Wildman–Crippen MR) is 71.4 cm³/mol. The van der Waals surface area contributed by atoms with Crippen molar-refractivity contribution in [2.75, 3.05) is 0 Å². The van der Waals surface area contributed by atoms with Gasteiger partial charge in [0.1, 0.15) is 5.52 Å². The van der Waals surface area contributed by atoms with Gasteiger partial charge in [-0.15, -0.1) is 0 Å². The lowest BCUT2D eigenvalue weighted by Crippen LogP contribution is -1.98. The summed E-state index contributed by atoms with van der Waals surface area (Å²) in [5.74, 6) is 0.916. The van der Waals surface area contributed by atoms with Crippen molar-refractivity contribution in [3.8, 4) is 0 Å². The lowest BCUT2D eigenvalue weighted by atomic mass is 10.1. The Bertz CT molecular complexity index is 523. The number of hydrogen-bond acceptors (Lipinski definition) is 2. The third-order valence-electron chi connectivity index (χ3n) is 3.17. The molecule has 0 spiro atoms. The van der Waals surface area contributed by atoms with Crippen LogP contribution in [0.1, 0.15) is 57.7 Å². The second-order valence-electron chi connectivity index (χ2n) is 5.15. The standard InChI is InChI=1S/C14H21N3/c1-6-17-8-11(9(2)3)13-14(17)15-7-12(16-13)10(4)5/h7-10H,6H2,1-5H3. The molecule has 3 heteroatoms. The third-order valence-corrected chi connectivity index (χ3v) is 3.17. The third kappa shape index (κ3) is 2.06. The van der Waals surface area contributed by atoms with Crippen LogP contribution in [0.4, 0.5) is 0 Å². The summed E-state index contributed by atoms with van der Waals surface area (Å²) in [7, 11) is 0. The van der Waals surface area contributed by atoms with Crippen LogP contribution < -0.4 is 0 Å². The molecular weight excluding hydrogens is 210 g/mol. The summed E-state index contributed by atoms with van der Waals surface area (Å²) >= 11 is 0. The molecule has 0 saturated carbocycles. The quantitative estimate of drug-likeness (QED) is 0.806. The van der Waals surface area contributed by atoms with Crippen LogP contribution >= 0.6 is 0 Å². The van der Waals surface area contributed by atoms with Gasteiger partial charge in [-0.05, 0) is 18.8 Å². The van der Waals surface area contributed by atoms with Crippen molar-refractivity contribution in [2.45, 2.75) is 53.0 Å². The summed E-state index contributed by atoms with van der Waals surface area (Å²) in [5.41, 5.74) is 4.47. The highest BCUT2D eigenvalue weighted by atomic mass is 15.0. The zero-order chi connectivity index (χ0) is 12.6. The van der Waals surface area contributed by atoms with Crippen molar-refractivity contribution in [1.82, 2.24) is 14.5 Å². The molecule has 0 fully saturated rings. The maximum Gasteiger partial charge on any atom is 0.158 e. The molecule has 0 unspecified atom stereocenters. The summed E-state index contributed by atoms with van der Waals surface area (Å²) in [6.45, 7) is 11.8. The normalized spacial score (nSPS) is 11.9. The molecule has 0 bridgehead atoms. The first-order valence-corrected chi connectivity index (χ1v) is 6.40. The Kier molecular flexibility index (Phi) is 3.18. The molecule has 2 rings (SSSR count). The number of rotatable bonds is 3. The van der Waals surface area contributed by atoms with Crippen molar-refractivity contribution in [3.63, 3.8) is 0 Å². The number of aryl methyl sites for hydroxylation is 1. The zero-order valence-electron chi connectivity index (χ0n) is 11.4. The van der Waals surface area contributed by atoms with E-state index in [2.05, 4.69) is 50.4 Å². The summed E-state index contributed by atoms with van der Waals surface area (Å²) < 4.78 is 2.18.